The molecule has 0 unspecified atom stereocenters. The maximum Gasteiger partial charge on any atom is 0.0271 e. The summed E-state index contributed by atoms with van der Waals surface area (Å²) < 4.78 is 0. The molecule has 1 aliphatic carbocycles. The maximum absolute atomic E-state index is 2.32. The standard InChI is InChI=1S/C23H22/c1-18-12-14-19(15-13-18)22-16-17-23(22,20-8-4-2-5-9-20)21-10-6-3-7-11-21/h2-15,22H,16-17H2,1H3/t22-/m1/s1. The van der Waals surface area contributed by atoms with E-state index in [4.69, 9.17) is 0 Å². The predicted molar refractivity (Wildman–Crippen MR) is 96.8 cm³/mol. The zero-order valence-corrected chi connectivity index (χ0v) is 13.6. The lowest BCUT2D eigenvalue weighted by atomic mass is 9.52. The Hall–Kier alpha value is -2.34. The smallest absolute Gasteiger partial charge is 0.0271 e. The molecule has 3 aromatic carbocycles. The van der Waals surface area contributed by atoms with Gasteiger partial charge in [-0.05, 0) is 42.4 Å². The molecule has 0 amide bonds. The van der Waals surface area contributed by atoms with Gasteiger partial charge in [-0.15, -0.1) is 0 Å². The van der Waals surface area contributed by atoms with Gasteiger partial charge < -0.3 is 0 Å². The molecule has 3 aromatic rings. The molecule has 1 atom stereocenters. The van der Waals surface area contributed by atoms with Crippen LogP contribution in [0.15, 0.2) is 84.9 Å². The molecule has 0 radical (unpaired) electrons. The van der Waals surface area contributed by atoms with Gasteiger partial charge in [0.15, 0.2) is 0 Å². The van der Waals surface area contributed by atoms with Gasteiger partial charge in [0, 0.05) is 5.41 Å². The van der Waals surface area contributed by atoms with Crippen LogP contribution in [-0.4, -0.2) is 0 Å². The summed E-state index contributed by atoms with van der Waals surface area (Å²) in [7, 11) is 0. The fourth-order valence-electron chi connectivity index (χ4n) is 4.16. The first-order valence-corrected chi connectivity index (χ1v) is 8.48. The molecule has 0 aromatic heterocycles. The summed E-state index contributed by atoms with van der Waals surface area (Å²) in [5.74, 6) is 0.563. The molecular formula is C23H22. The van der Waals surface area contributed by atoms with Crippen molar-refractivity contribution in [2.24, 2.45) is 0 Å². The number of hydrogen-bond acceptors (Lipinski definition) is 0. The lowest BCUT2D eigenvalue weighted by Gasteiger charge is -2.51. The summed E-state index contributed by atoms with van der Waals surface area (Å²) in [4.78, 5) is 0. The third kappa shape index (κ3) is 2.30. The Balaban J connectivity index is 1.86. The molecule has 4 rings (SSSR count). The second-order valence-corrected chi connectivity index (χ2v) is 6.71. The van der Waals surface area contributed by atoms with Gasteiger partial charge in [0.25, 0.3) is 0 Å². The van der Waals surface area contributed by atoms with E-state index in [0.29, 0.717) is 5.92 Å². The van der Waals surface area contributed by atoms with E-state index in [9.17, 15) is 0 Å². The van der Waals surface area contributed by atoms with Gasteiger partial charge >= 0.3 is 0 Å². The Labute approximate surface area is 138 Å². The quantitative estimate of drug-likeness (QED) is 0.568. The molecule has 0 nitrogen and oxygen atoms in total. The van der Waals surface area contributed by atoms with Gasteiger partial charge in [-0.1, -0.05) is 90.5 Å². The lowest BCUT2D eigenvalue weighted by molar-refractivity contribution is 0.241. The Morgan fingerprint density at radius 3 is 1.65 bits per heavy atom. The van der Waals surface area contributed by atoms with Crippen LogP contribution in [0.25, 0.3) is 0 Å². The van der Waals surface area contributed by atoms with Crippen molar-refractivity contribution in [2.75, 3.05) is 0 Å². The van der Waals surface area contributed by atoms with Crippen LogP contribution in [-0.2, 0) is 5.41 Å². The second kappa shape index (κ2) is 5.70. The Kier molecular flexibility index (Phi) is 3.53. The molecule has 0 spiro atoms. The summed E-state index contributed by atoms with van der Waals surface area (Å²) in [6.07, 6.45) is 2.48. The summed E-state index contributed by atoms with van der Waals surface area (Å²) in [6.45, 7) is 2.16. The lowest BCUT2D eigenvalue weighted by Crippen LogP contribution is -2.43. The zero-order valence-electron chi connectivity index (χ0n) is 13.6. The fraction of sp³-hybridized carbons (Fsp3) is 0.217. The highest BCUT2D eigenvalue weighted by atomic mass is 14.5. The van der Waals surface area contributed by atoms with Crippen LogP contribution in [0, 0.1) is 6.92 Å². The normalized spacial score (nSPS) is 19.1. The van der Waals surface area contributed by atoms with E-state index in [-0.39, 0.29) is 5.41 Å². The van der Waals surface area contributed by atoms with Crippen LogP contribution in [0.4, 0.5) is 0 Å². The minimum absolute atomic E-state index is 0.123. The number of rotatable bonds is 3. The van der Waals surface area contributed by atoms with E-state index in [1.165, 1.54) is 35.1 Å². The maximum atomic E-state index is 2.32. The highest BCUT2D eigenvalue weighted by Crippen LogP contribution is 2.58. The molecular weight excluding hydrogens is 276 g/mol. The van der Waals surface area contributed by atoms with Crippen molar-refractivity contribution in [3.05, 3.63) is 107 Å². The van der Waals surface area contributed by atoms with E-state index in [2.05, 4.69) is 91.9 Å². The van der Waals surface area contributed by atoms with Gasteiger partial charge in [-0.3, -0.25) is 0 Å². The van der Waals surface area contributed by atoms with Crippen molar-refractivity contribution in [2.45, 2.75) is 31.1 Å². The summed E-state index contributed by atoms with van der Waals surface area (Å²) in [5, 5.41) is 0. The number of benzene rings is 3. The van der Waals surface area contributed by atoms with Crippen molar-refractivity contribution in [3.63, 3.8) is 0 Å². The molecule has 0 heterocycles. The molecule has 23 heavy (non-hydrogen) atoms. The third-order valence-electron chi connectivity index (χ3n) is 5.48. The Bertz CT molecular complexity index is 730. The van der Waals surface area contributed by atoms with Gasteiger partial charge in [0.05, 0.1) is 0 Å². The van der Waals surface area contributed by atoms with Gasteiger partial charge in [-0.2, -0.15) is 0 Å². The van der Waals surface area contributed by atoms with Crippen molar-refractivity contribution >= 4 is 0 Å². The van der Waals surface area contributed by atoms with Crippen LogP contribution in [0.2, 0.25) is 0 Å². The molecule has 0 bridgehead atoms. The summed E-state index contributed by atoms with van der Waals surface area (Å²) in [6, 6.07) is 31.2. The fourth-order valence-corrected chi connectivity index (χ4v) is 4.16. The van der Waals surface area contributed by atoms with Crippen LogP contribution in [0.1, 0.15) is 41.0 Å². The Morgan fingerprint density at radius 1 is 0.696 bits per heavy atom. The molecule has 1 aliphatic rings. The predicted octanol–water partition coefficient (Wildman–Crippen LogP) is 5.86. The van der Waals surface area contributed by atoms with Crippen molar-refractivity contribution in [1.82, 2.24) is 0 Å². The molecule has 0 saturated heterocycles. The molecule has 0 aliphatic heterocycles. The van der Waals surface area contributed by atoms with Gasteiger partial charge in [0.2, 0.25) is 0 Å². The minimum Gasteiger partial charge on any atom is -0.0622 e. The highest BCUT2D eigenvalue weighted by molar-refractivity contribution is 5.48. The van der Waals surface area contributed by atoms with Crippen LogP contribution in [0.3, 0.4) is 0 Å². The van der Waals surface area contributed by atoms with E-state index in [0.717, 1.165) is 0 Å². The molecule has 114 valence electrons. The average molecular weight is 298 g/mol. The van der Waals surface area contributed by atoms with Crippen LogP contribution in [0.5, 0.6) is 0 Å². The van der Waals surface area contributed by atoms with Crippen molar-refractivity contribution in [1.29, 1.82) is 0 Å². The third-order valence-corrected chi connectivity index (χ3v) is 5.48. The molecule has 1 saturated carbocycles. The van der Waals surface area contributed by atoms with E-state index >= 15 is 0 Å². The largest absolute Gasteiger partial charge is 0.0622 e. The van der Waals surface area contributed by atoms with Crippen molar-refractivity contribution in [3.8, 4) is 0 Å². The average Bonchev–Trinajstić information content (AvgIpc) is 2.58. The van der Waals surface area contributed by atoms with E-state index < -0.39 is 0 Å². The van der Waals surface area contributed by atoms with E-state index in [1.54, 1.807) is 0 Å². The minimum atomic E-state index is 0.123. The topological polar surface area (TPSA) is 0 Å². The molecule has 0 heteroatoms. The van der Waals surface area contributed by atoms with Crippen LogP contribution < -0.4 is 0 Å². The summed E-state index contributed by atoms with van der Waals surface area (Å²) >= 11 is 0. The monoisotopic (exact) mass is 298 g/mol. The number of aryl methyl sites for hydroxylation is 1. The first-order valence-electron chi connectivity index (χ1n) is 8.48. The summed E-state index contributed by atoms with van der Waals surface area (Å²) in [5.41, 5.74) is 5.82. The highest BCUT2D eigenvalue weighted by Gasteiger charge is 2.49. The first-order chi connectivity index (χ1) is 11.3. The molecule has 1 fully saturated rings. The van der Waals surface area contributed by atoms with Gasteiger partial charge in [0.1, 0.15) is 0 Å². The van der Waals surface area contributed by atoms with Crippen molar-refractivity contribution < 1.29 is 0 Å². The SMILES string of the molecule is Cc1ccc([C@H]2CCC2(c2ccccc2)c2ccccc2)cc1. The zero-order chi connectivity index (χ0) is 15.7. The van der Waals surface area contributed by atoms with Crippen LogP contribution >= 0.6 is 0 Å². The first kappa shape index (κ1) is 14.3. The Morgan fingerprint density at radius 2 is 1.22 bits per heavy atom. The molecule has 0 N–H and O–H groups in total. The van der Waals surface area contributed by atoms with Gasteiger partial charge in [-0.25, -0.2) is 0 Å². The van der Waals surface area contributed by atoms with E-state index in [1.807, 2.05) is 0 Å². The number of hydrogen-bond donors (Lipinski definition) is 0. The second-order valence-electron chi connectivity index (χ2n) is 6.71.